The first-order valence-corrected chi connectivity index (χ1v) is 8.90. The Morgan fingerprint density at radius 3 is 2.57 bits per heavy atom. The summed E-state index contributed by atoms with van der Waals surface area (Å²) in [6.07, 6.45) is 3.29. The van der Waals surface area contributed by atoms with Gasteiger partial charge in [-0.3, -0.25) is 4.55 Å². The lowest BCUT2D eigenvalue weighted by Crippen LogP contribution is -2.23. The molecule has 0 atom stereocenters. The molecule has 0 spiro atoms. The number of rotatable bonds is 8. The summed E-state index contributed by atoms with van der Waals surface area (Å²) in [7, 11) is -4.06. The Balaban J connectivity index is 1.72. The SMILES string of the molecule is O=S(=O)(O)NCCCCCc1nnc(-c2ccccc2)s1. The molecule has 0 saturated heterocycles. The molecule has 1 aromatic heterocycles. The van der Waals surface area contributed by atoms with Gasteiger partial charge in [-0.1, -0.05) is 48.1 Å². The Morgan fingerprint density at radius 2 is 1.86 bits per heavy atom. The summed E-state index contributed by atoms with van der Waals surface area (Å²) < 4.78 is 31.5. The molecule has 0 radical (unpaired) electrons. The van der Waals surface area contributed by atoms with E-state index in [0.717, 1.165) is 34.8 Å². The highest BCUT2D eigenvalue weighted by Crippen LogP contribution is 2.23. The van der Waals surface area contributed by atoms with Gasteiger partial charge in [-0.25, -0.2) is 0 Å². The highest BCUT2D eigenvalue weighted by Gasteiger charge is 2.06. The molecular formula is C13H17N3O3S2. The van der Waals surface area contributed by atoms with Crippen LogP contribution >= 0.6 is 11.3 Å². The minimum atomic E-state index is -4.06. The maximum atomic E-state index is 10.5. The zero-order valence-electron chi connectivity index (χ0n) is 11.4. The maximum absolute atomic E-state index is 10.5. The lowest BCUT2D eigenvalue weighted by atomic mass is 10.2. The number of hydrogen-bond acceptors (Lipinski definition) is 5. The van der Waals surface area contributed by atoms with E-state index in [1.165, 1.54) is 0 Å². The molecule has 0 unspecified atom stereocenters. The smallest absolute Gasteiger partial charge is 0.273 e. The van der Waals surface area contributed by atoms with Crippen LogP contribution in [0.1, 0.15) is 24.3 Å². The molecule has 21 heavy (non-hydrogen) atoms. The first kappa shape index (κ1) is 16.0. The van der Waals surface area contributed by atoms with Gasteiger partial charge in [0.25, 0.3) is 0 Å². The normalized spacial score (nSPS) is 11.7. The van der Waals surface area contributed by atoms with Crippen LogP contribution in [0.5, 0.6) is 0 Å². The van der Waals surface area contributed by atoms with E-state index in [-0.39, 0.29) is 6.54 Å². The second-order valence-electron chi connectivity index (χ2n) is 4.55. The minimum Gasteiger partial charge on any atom is -0.273 e. The van der Waals surface area contributed by atoms with Gasteiger partial charge in [0.2, 0.25) is 0 Å². The minimum absolute atomic E-state index is 0.254. The van der Waals surface area contributed by atoms with Gasteiger partial charge >= 0.3 is 10.3 Å². The molecule has 2 rings (SSSR count). The van der Waals surface area contributed by atoms with Crippen molar-refractivity contribution in [3.63, 3.8) is 0 Å². The average molecular weight is 327 g/mol. The van der Waals surface area contributed by atoms with Gasteiger partial charge in [0, 0.05) is 18.5 Å². The van der Waals surface area contributed by atoms with Gasteiger partial charge in [-0.05, 0) is 12.8 Å². The summed E-state index contributed by atoms with van der Waals surface area (Å²) in [4.78, 5) is 0. The van der Waals surface area contributed by atoms with Crippen LogP contribution in [0.25, 0.3) is 10.6 Å². The van der Waals surface area contributed by atoms with Crippen LogP contribution in [0.4, 0.5) is 0 Å². The van der Waals surface area contributed by atoms with Gasteiger partial charge < -0.3 is 0 Å². The van der Waals surface area contributed by atoms with Crippen molar-refractivity contribution < 1.29 is 13.0 Å². The lowest BCUT2D eigenvalue weighted by Gasteiger charge is -2.00. The third-order valence-electron chi connectivity index (χ3n) is 2.84. The van der Waals surface area contributed by atoms with E-state index in [0.29, 0.717) is 6.42 Å². The predicted octanol–water partition coefficient (Wildman–Crippen LogP) is 2.31. The van der Waals surface area contributed by atoms with E-state index >= 15 is 0 Å². The van der Waals surface area contributed by atoms with Crippen LogP contribution in [-0.4, -0.2) is 29.7 Å². The summed E-state index contributed by atoms with van der Waals surface area (Å²) in [6, 6.07) is 9.92. The number of nitrogens with zero attached hydrogens (tertiary/aromatic N) is 2. The molecule has 2 aromatic rings. The van der Waals surface area contributed by atoms with E-state index in [1.807, 2.05) is 35.1 Å². The molecule has 6 nitrogen and oxygen atoms in total. The maximum Gasteiger partial charge on any atom is 0.333 e. The first-order chi connectivity index (χ1) is 10.0. The molecule has 2 N–H and O–H groups in total. The molecule has 0 aliphatic carbocycles. The summed E-state index contributed by atoms with van der Waals surface area (Å²) in [5.74, 6) is 0. The molecule has 114 valence electrons. The van der Waals surface area contributed by atoms with E-state index in [2.05, 4.69) is 10.2 Å². The van der Waals surface area contributed by atoms with Crippen LogP contribution in [0.15, 0.2) is 30.3 Å². The highest BCUT2D eigenvalue weighted by atomic mass is 32.2. The predicted molar refractivity (Wildman–Crippen MR) is 82.5 cm³/mol. The van der Waals surface area contributed by atoms with Gasteiger partial charge in [0.15, 0.2) is 0 Å². The molecule has 0 aliphatic rings. The summed E-state index contributed by atoms with van der Waals surface area (Å²) in [5.41, 5.74) is 1.07. The fourth-order valence-corrected chi connectivity index (χ4v) is 3.12. The molecule has 8 heteroatoms. The van der Waals surface area contributed by atoms with E-state index in [4.69, 9.17) is 4.55 Å². The van der Waals surface area contributed by atoms with Crippen LogP contribution < -0.4 is 4.72 Å². The van der Waals surface area contributed by atoms with E-state index < -0.39 is 10.3 Å². The Bertz CT molecular complexity index is 656. The van der Waals surface area contributed by atoms with Crippen LogP contribution in [0.3, 0.4) is 0 Å². The Kier molecular flexibility index (Phi) is 5.80. The van der Waals surface area contributed by atoms with Crippen molar-refractivity contribution >= 4 is 21.6 Å². The number of aryl methyl sites for hydroxylation is 1. The Hall–Kier alpha value is -1.35. The number of unbranched alkanes of at least 4 members (excludes halogenated alkanes) is 2. The van der Waals surface area contributed by atoms with Crippen LogP contribution in [0, 0.1) is 0 Å². The number of aromatic nitrogens is 2. The lowest BCUT2D eigenvalue weighted by molar-refractivity contribution is 0.465. The van der Waals surface area contributed by atoms with Gasteiger partial charge in [0.1, 0.15) is 10.0 Å². The molecule has 0 amide bonds. The van der Waals surface area contributed by atoms with Crippen molar-refractivity contribution in [3.05, 3.63) is 35.3 Å². The monoisotopic (exact) mass is 327 g/mol. The Morgan fingerprint density at radius 1 is 1.10 bits per heavy atom. The van der Waals surface area contributed by atoms with Crippen LogP contribution in [0.2, 0.25) is 0 Å². The van der Waals surface area contributed by atoms with Crippen molar-refractivity contribution in [1.82, 2.24) is 14.9 Å². The second kappa shape index (κ2) is 7.60. The molecule has 0 bridgehead atoms. The van der Waals surface area contributed by atoms with Crippen molar-refractivity contribution in [3.8, 4) is 10.6 Å². The summed E-state index contributed by atoms with van der Waals surface area (Å²) in [6.45, 7) is 0.254. The van der Waals surface area contributed by atoms with Crippen molar-refractivity contribution in [2.45, 2.75) is 25.7 Å². The van der Waals surface area contributed by atoms with E-state index in [1.54, 1.807) is 11.3 Å². The molecule has 0 fully saturated rings. The fourth-order valence-electron chi connectivity index (χ4n) is 1.83. The van der Waals surface area contributed by atoms with E-state index in [9.17, 15) is 8.42 Å². The molecular weight excluding hydrogens is 310 g/mol. The quantitative estimate of drug-likeness (QED) is 0.573. The molecule has 0 saturated carbocycles. The zero-order chi connectivity index (χ0) is 15.1. The first-order valence-electron chi connectivity index (χ1n) is 6.64. The molecule has 1 aromatic carbocycles. The fraction of sp³-hybridized carbons (Fsp3) is 0.385. The van der Waals surface area contributed by atoms with Crippen molar-refractivity contribution in [2.75, 3.05) is 6.54 Å². The number of benzene rings is 1. The topological polar surface area (TPSA) is 92.2 Å². The van der Waals surface area contributed by atoms with Crippen molar-refractivity contribution in [1.29, 1.82) is 0 Å². The average Bonchev–Trinajstić information content (AvgIpc) is 2.91. The van der Waals surface area contributed by atoms with Crippen LogP contribution in [-0.2, 0) is 16.7 Å². The summed E-state index contributed by atoms with van der Waals surface area (Å²) in [5, 5.41) is 10.2. The zero-order valence-corrected chi connectivity index (χ0v) is 13.0. The molecule has 0 aliphatic heterocycles. The van der Waals surface area contributed by atoms with Gasteiger partial charge in [0.05, 0.1) is 0 Å². The largest absolute Gasteiger partial charge is 0.333 e. The van der Waals surface area contributed by atoms with Crippen molar-refractivity contribution in [2.24, 2.45) is 0 Å². The number of hydrogen-bond donors (Lipinski definition) is 2. The van der Waals surface area contributed by atoms with Gasteiger partial charge in [-0.15, -0.1) is 10.2 Å². The molecule has 1 heterocycles. The van der Waals surface area contributed by atoms with Gasteiger partial charge in [-0.2, -0.15) is 13.1 Å². The standard InChI is InChI=1S/C13H17N3O3S2/c17-21(18,19)14-10-6-2-5-9-12-15-16-13(20-12)11-7-3-1-4-8-11/h1,3-4,7-8,14H,2,5-6,9-10H2,(H,17,18,19). The number of nitrogens with one attached hydrogen (secondary N) is 1. The third-order valence-corrected chi connectivity index (χ3v) is 4.44. The second-order valence-corrected chi connectivity index (χ2v) is 6.85. The third kappa shape index (κ3) is 5.88. The Labute approximate surface area is 128 Å². The summed E-state index contributed by atoms with van der Waals surface area (Å²) >= 11 is 1.58. The highest BCUT2D eigenvalue weighted by molar-refractivity contribution is 7.83.